The lowest BCUT2D eigenvalue weighted by Gasteiger charge is -2.29. The van der Waals surface area contributed by atoms with Crippen molar-refractivity contribution in [2.75, 3.05) is 24.7 Å². The molecule has 0 aromatic heterocycles. The lowest BCUT2D eigenvalue weighted by molar-refractivity contribution is -0.141. The van der Waals surface area contributed by atoms with Crippen LogP contribution in [0.2, 0.25) is 0 Å². The average Bonchev–Trinajstić information content (AvgIpc) is 2.88. The van der Waals surface area contributed by atoms with Gasteiger partial charge in [0.05, 0.1) is 5.88 Å². The molecule has 0 radical (unpaired) electrons. The molecule has 0 unspecified atom stereocenters. The molecule has 0 bridgehead atoms. The molecule has 2 rings (SSSR count). The first-order valence-corrected chi connectivity index (χ1v) is 9.54. The Bertz CT molecular complexity index is 450. The number of allylic oxidation sites excluding steroid dienone is 1. The van der Waals surface area contributed by atoms with Gasteiger partial charge in [0.1, 0.15) is 6.04 Å². The zero-order chi connectivity index (χ0) is 16.1. The first-order chi connectivity index (χ1) is 10.5. The van der Waals surface area contributed by atoms with E-state index in [0.717, 1.165) is 43.7 Å². The monoisotopic (exact) mass is 324 g/mol. The molecule has 2 amide bonds. The van der Waals surface area contributed by atoms with Gasteiger partial charge in [-0.2, -0.15) is 0 Å². The maximum Gasteiger partial charge on any atom is 0.250 e. The van der Waals surface area contributed by atoms with Crippen LogP contribution < -0.4 is 0 Å². The van der Waals surface area contributed by atoms with Crippen molar-refractivity contribution in [2.24, 2.45) is 5.92 Å². The summed E-state index contributed by atoms with van der Waals surface area (Å²) in [6.45, 7) is 7.82. The van der Waals surface area contributed by atoms with Gasteiger partial charge in [0, 0.05) is 24.4 Å². The summed E-state index contributed by atoms with van der Waals surface area (Å²) in [7, 11) is 0. The Hall–Kier alpha value is -0.970. The number of rotatable bonds is 3. The number of likely N-dealkylation sites (tertiary alicyclic amines) is 1. The van der Waals surface area contributed by atoms with Crippen LogP contribution in [0.25, 0.3) is 0 Å². The number of hydrogen-bond donors (Lipinski definition) is 0. The Morgan fingerprint density at radius 3 is 2.77 bits per heavy atom. The Labute approximate surface area is 138 Å². The first-order valence-electron chi connectivity index (χ1n) is 8.38. The minimum Gasteiger partial charge on any atom is -0.341 e. The molecule has 22 heavy (non-hydrogen) atoms. The number of hydrogen-bond acceptors (Lipinski definition) is 3. The van der Waals surface area contributed by atoms with Crippen LogP contribution in [0, 0.1) is 5.92 Å². The standard InChI is InChI=1S/C17H28N2O2S/c1-4-6-14(3)16(20)19-12-22-11-15(19)17(21)18-9-5-7-13(2)8-10-18/h6,13,15H,4-5,7-12H2,1-3H3/b14-6-/t13-,15-/m1/s1. The number of carbonyl (C=O) groups is 2. The summed E-state index contributed by atoms with van der Waals surface area (Å²) in [5.74, 6) is 2.23. The Balaban J connectivity index is 2.04. The molecule has 0 aromatic carbocycles. The summed E-state index contributed by atoms with van der Waals surface area (Å²) in [4.78, 5) is 29.1. The van der Waals surface area contributed by atoms with E-state index in [1.54, 1.807) is 16.7 Å². The quantitative estimate of drug-likeness (QED) is 0.750. The third kappa shape index (κ3) is 4.06. The highest BCUT2D eigenvalue weighted by Gasteiger charge is 2.37. The number of amides is 2. The van der Waals surface area contributed by atoms with Crippen molar-refractivity contribution >= 4 is 23.6 Å². The molecular weight excluding hydrogens is 296 g/mol. The fraction of sp³-hybridized carbons (Fsp3) is 0.765. The molecule has 124 valence electrons. The smallest absolute Gasteiger partial charge is 0.250 e. The highest BCUT2D eigenvalue weighted by atomic mass is 32.2. The molecule has 0 spiro atoms. The molecule has 2 saturated heterocycles. The van der Waals surface area contributed by atoms with Crippen LogP contribution in [0.5, 0.6) is 0 Å². The normalized spacial score (nSPS) is 27.0. The van der Waals surface area contributed by atoms with Gasteiger partial charge in [0.2, 0.25) is 5.91 Å². The highest BCUT2D eigenvalue weighted by molar-refractivity contribution is 7.99. The first kappa shape index (κ1) is 17.4. The van der Waals surface area contributed by atoms with Gasteiger partial charge >= 0.3 is 0 Å². The average molecular weight is 324 g/mol. The number of nitrogens with zero attached hydrogens (tertiary/aromatic N) is 2. The van der Waals surface area contributed by atoms with E-state index < -0.39 is 0 Å². The van der Waals surface area contributed by atoms with Gasteiger partial charge in [-0.1, -0.05) is 19.9 Å². The van der Waals surface area contributed by atoms with Gasteiger partial charge in [0.15, 0.2) is 0 Å². The van der Waals surface area contributed by atoms with Crippen molar-refractivity contribution in [1.82, 2.24) is 9.80 Å². The van der Waals surface area contributed by atoms with Crippen LogP contribution in [-0.4, -0.2) is 52.4 Å². The zero-order valence-corrected chi connectivity index (χ0v) is 14.8. The van der Waals surface area contributed by atoms with Crippen LogP contribution in [-0.2, 0) is 9.59 Å². The van der Waals surface area contributed by atoms with Crippen LogP contribution >= 0.6 is 11.8 Å². The predicted octanol–water partition coefficient (Wildman–Crippen LogP) is 2.89. The van der Waals surface area contributed by atoms with E-state index in [9.17, 15) is 9.59 Å². The number of carbonyl (C=O) groups excluding carboxylic acids is 2. The molecule has 0 aliphatic carbocycles. The summed E-state index contributed by atoms with van der Waals surface area (Å²) >= 11 is 1.68. The summed E-state index contributed by atoms with van der Waals surface area (Å²) in [6.07, 6.45) is 6.15. The second-order valence-electron chi connectivity index (χ2n) is 6.45. The zero-order valence-electron chi connectivity index (χ0n) is 14.0. The van der Waals surface area contributed by atoms with Crippen LogP contribution in [0.4, 0.5) is 0 Å². The van der Waals surface area contributed by atoms with E-state index in [4.69, 9.17) is 0 Å². The second-order valence-corrected chi connectivity index (χ2v) is 7.45. The highest BCUT2D eigenvalue weighted by Crippen LogP contribution is 2.26. The molecule has 2 aliphatic heterocycles. The molecule has 2 fully saturated rings. The molecule has 2 aliphatic rings. The third-order valence-electron chi connectivity index (χ3n) is 4.60. The number of thioether (sulfide) groups is 1. The van der Waals surface area contributed by atoms with Gasteiger partial charge in [-0.25, -0.2) is 0 Å². The third-order valence-corrected chi connectivity index (χ3v) is 5.62. The van der Waals surface area contributed by atoms with Gasteiger partial charge in [-0.05, 0) is 38.5 Å². The Morgan fingerprint density at radius 2 is 2.05 bits per heavy atom. The van der Waals surface area contributed by atoms with Crippen LogP contribution in [0.3, 0.4) is 0 Å². The summed E-state index contributed by atoms with van der Waals surface area (Å²) < 4.78 is 0. The fourth-order valence-corrected chi connectivity index (χ4v) is 4.31. The van der Waals surface area contributed by atoms with E-state index in [0.29, 0.717) is 11.8 Å². The predicted molar refractivity (Wildman–Crippen MR) is 91.6 cm³/mol. The molecule has 4 nitrogen and oxygen atoms in total. The Morgan fingerprint density at radius 1 is 1.27 bits per heavy atom. The second kappa shape index (κ2) is 8.04. The molecule has 2 atom stereocenters. The van der Waals surface area contributed by atoms with Crippen molar-refractivity contribution in [1.29, 1.82) is 0 Å². The van der Waals surface area contributed by atoms with Crippen molar-refractivity contribution in [3.8, 4) is 0 Å². The van der Waals surface area contributed by atoms with Crippen molar-refractivity contribution in [2.45, 2.75) is 52.5 Å². The van der Waals surface area contributed by atoms with E-state index in [1.807, 2.05) is 24.8 Å². The molecular formula is C17H28N2O2S. The molecule has 0 aromatic rings. The van der Waals surface area contributed by atoms with E-state index in [1.165, 1.54) is 6.42 Å². The van der Waals surface area contributed by atoms with Gasteiger partial charge in [-0.15, -0.1) is 11.8 Å². The van der Waals surface area contributed by atoms with Gasteiger partial charge in [-0.3, -0.25) is 9.59 Å². The molecule has 0 N–H and O–H groups in total. The maximum atomic E-state index is 12.9. The maximum absolute atomic E-state index is 12.9. The molecule has 5 heteroatoms. The summed E-state index contributed by atoms with van der Waals surface area (Å²) in [6, 6.07) is -0.272. The van der Waals surface area contributed by atoms with Gasteiger partial charge in [0.25, 0.3) is 5.91 Å². The minimum absolute atomic E-state index is 0.0217. The lowest BCUT2D eigenvalue weighted by Crippen LogP contribution is -2.49. The molecule has 0 saturated carbocycles. The van der Waals surface area contributed by atoms with Crippen molar-refractivity contribution < 1.29 is 9.59 Å². The fourth-order valence-electron chi connectivity index (χ4n) is 3.16. The summed E-state index contributed by atoms with van der Waals surface area (Å²) in [5, 5.41) is 0. The van der Waals surface area contributed by atoms with Crippen LogP contribution in [0.15, 0.2) is 11.6 Å². The van der Waals surface area contributed by atoms with E-state index in [-0.39, 0.29) is 17.9 Å². The lowest BCUT2D eigenvalue weighted by atomic mass is 10.0. The van der Waals surface area contributed by atoms with Gasteiger partial charge < -0.3 is 9.80 Å². The molecule has 2 heterocycles. The topological polar surface area (TPSA) is 40.6 Å². The SMILES string of the molecule is CC/C=C(/C)C(=O)N1CSC[C@@H]1C(=O)N1CCC[C@@H](C)CC1. The summed E-state index contributed by atoms with van der Waals surface area (Å²) in [5.41, 5.74) is 0.757. The van der Waals surface area contributed by atoms with E-state index >= 15 is 0 Å². The largest absolute Gasteiger partial charge is 0.341 e. The Kier molecular flexibility index (Phi) is 6.36. The van der Waals surface area contributed by atoms with E-state index in [2.05, 4.69) is 6.92 Å². The van der Waals surface area contributed by atoms with Crippen LogP contribution in [0.1, 0.15) is 46.5 Å². The van der Waals surface area contributed by atoms with Crippen molar-refractivity contribution in [3.05, 3.63) is 11.6 Å². The van der Waals surface area contributed by atoms with Crippen molar-refractivity contribution in [3.63, 3.8) is 0 Å². The minimum atomic E-state index is -0.272.